The summed E-state index contributed by atoms with van der Waals surface area (Å²) in [6.07, 6.45) is 0.160. The lowest BCUT2D eigenvalue weighted by molar-refractivity contribution is -0.119. The minimum Gasteiger partial charge on any atom is -0.444 e. The summed E-state index contributed by atoms with van der Waals surface area (Å²) < 4.78 is 10.7. The second-order valence-electron chi connectivity index (χ2n) is 8.12. The predicted octanol–water partition coefficient (Wildman–Crippen LogP) is 3.40. The molecule has 1 aromatic rings. The van der Waals surface area contributed by atoms with E-state index in [0.717, 1.165) is 30.9 Å². The van der Waals surface area contributed by atoms with E-state index in [1.54, 1.807) is 20.8 Å². The van der Waals surface area contributed by atoms with Gasteiger partial charge < -0.3 is 25.0 Å². The maximum Gasteiger partial charge on any atom is 0.408 e. The molecule has 2 N–H and O–H groups in total. The largest absolute Gasteiger partial charge is 0.444 e. The molecule has 0 aliphatic carbocycles. The number of ether oxygens (including phenoxy) is 2. The van der Waals surface area contributed by atoms with Crippen molar-refractivity contribution in [2.24, 2.45) is 5.92 Å². The number of benzene rings is 1. The Morgan fingerprint density at radius 1 is 1.21 bits per heavy atom. The highest BCUT2D eigenvalue weighted by atomic mass is 16.6. The van der Waals surface area contributed by atoms with E-state index in [9.17, 15) is 9.59 Å². The van der Waals surface area contributed by atoms with Gasteiger partial charge in [-0.1, -0.05) is 32.4 Å². The van der Waals surface area contributed by atoms with Gasteiger partial charge >= 0.3 is 6.09 Å². The SMILES string of the molecule is CCC(C)C(NC(=O)OC(C)(C)C)C(=O)Nc1ccccc1N1CCOCC1. The fourth-order valence-corrected chi connectivity index (χ4v) is 3.01. The second kappa shape index (κ2) is 9.78. The van der Waals surface area contributed by atoms with Gasteiger partial charge in [-0.3, -0.25) is 4.79 Å². The maximum atomic E-state index is 13.0. The lowest BCUT2D eigenvalue weighted by Crippen LogP contribution is -2.49. The van der Waals surface area contributed by atoms with Crippen LogP contribution in [0.2, 0.25) is 0 Å². The van der Waals surface area contributed by atoms with Crippen LogP contribution in [-0.2, 0) is 14.3 Å². The van der Waals surface area contributed by atoms with Crippen LogP contribution in [0, 0.1) is 5.92 Å². The number of alkyl carbamates (subject to hydrolysis) is 1. The molecule has 7 nitrogen and oxygen atoms in total. The first-order chi connectivity index (χ1) is 13.2. The summed E-state index contributed by atoms with van der Waals surface area (Å²) in [5, 5.41) is 5.74. The number of carbonyl (C=O) groups excluding carboxylic acids is 2. The lowest BCUT2D eigenvalue weighted by Gasteiger charge is -2.31. The third-order valence-corrected chi connectivity index (χ3v) is 4.68. The summed E-state index contributed by atoms with van der Waals surface area (Å²) in [4.78, 5) is 27.4. The van der Waals surface area contributed by atoms with Crippen LogP contribution in [0.15, 0.2) is 24.3 Å². The summed E-state index contributed by atoms with van der Waals surface area (Å²) in [7, 11) is 0. The van der Waals surface area contributed by atoms with Gasteiger partial charge in [0, 0.05) is 13.1 Å². The number of anilines is 2. The number of nitrogens with one attached hydrogen (secondary N) is 2. The zero-order chi connectivity index (χ0) is 20.7. The number of amides is 2. The first-order valence-corrected chi connectivity index (χ1v) is 9.93. The number of nitrogens with zero attached hydrogens (tertiary/aromatic N) is 1. The average molecular weight is 392 g/mol. The Hall–Kier alpha value is -2.28. The van der Waals surface area contributed by atoms with Crippen molar-refractivity contribution in [1.82, 2.24) is 5.32 Å². The van der Waals surface area contributed by atoms with Crippen molar-refractivity contribution in [3.63, 3.8) is 0 Å². The van der Waals surface area contributed by atoms with Crippen molar-refractivity contribution in [2.45, 2.75) is 52.7 Å². The van der Waals surface area contributed by atoms with E-state index < -0.39 is 17.7 Å². The highest BCUT2D eigenvalue weighted by Gasteiger charge is 2.29. The van der Waals surface area contributed by atoms with Gasteiger partial charge in [-0.25, -0.2) is 4.79 Å². The van der Waals surface area contributed by atoms with E-state index in [2.05, 4.69) is 15.5 Å². The number of hydrogen-bond donors (Lipinski definition) is 2. The molecule has 2 amide bonds. The molecule has 1 aliphatic heterocycles. The quantitative estimate of drug-likeness (QED) is 0.777. The number of carbonyl (C=O) groups is 2. The molecule has 1 fully saturated rings. The summed E-state index contributed by atoms with van der Waals surface area (Å²) in [6, 6.07) is 7.02. The topological polar surface area (TPSA) is 79.9 Å². The molecule has 2 atom stereocenters. The monoisotopic (exact) mass is 391 g/mol. The highest BCUT2D eigenvalue weighted by Crippen LogP contribution is 2.27. The molecular formula is C21H33N3O4. The van der Waals surface area contributed by atoms with Crippen molar-refractivity contribution < 1.29 is 19.1 Å². The fraction of sp³-hybridized carbons (Fsp3) is 0.619. The normalized spacial score (nSPS) is 16.8. The van der Waals surface area contributed by atoms with Crippen LogP contribution in [0.5, 0.6) is 0 Å². The van der Waals surface area contributed by atoms with Crippen LogP contribution in [0.1, 0.15) is 41.0 Å². The highest BCUT2D eigenvalue weighted by molar-refractivity contribution is 5.99. The molecule has 1 saturated heterocycles. The Labute approximate surface area is 167 Å². The van der Waals surface area contributed by atoms with Crippen LogP contribution >= 0.6 is 0 Å². The van der Waals surface area contributed by atoms with Gasteiger partial charge in [0.2, 0.25) is 5.91 Å². The van der Waals surface area contributed by atoms with Crippen molar-refractivity contribution in [3.05, 3.63) is 24.3 Å². The van der Waals surface area contributed by atoms with E-state index in [1.165, 1.54) is 0 Å². The van der Waals surface area contributed by atoms with Crippen molar-refractivity contribution in [3.8, 4) is 0 Å². The summed E-state index contributed by atoms with van der Waals surface area (Å²) in [6.45, 7) is 12.2. The Kier molecular flexibility index (Phi) is 7.69. The minimum atomic E-state index is -0.683. The van der Waals surface area contributed by atoms with Gasteiger partial charge in [0.1, 0.15) is 11.6 Å². The molecule has 0 radical (unpaired) electrons. The van der Waals surface area contributed by atoms with Crippen molar-refractivity contribution in [2.75, 3.05) is 36.5 Å². The Bertz CT molecular complexity index is 666. The molecule has 2 unspecified atom stereocenters. The van der Waals surface area contributed by atoms with Gasteiger partial charge in [0.15, 0.2) is 0 Å². The van der Waals surface area contributed by atoms with E-state index in [0.29, 0.717) is 13.2 Å². The zero-order valence-electron chi connectivity index (χ0n) is 17.6. The third-order valence-electron chi connectivity index (χ3n) is 4.68. The summed E-state index contributed by atoms with van der Waals surface area (Å²) in [5.74, 6) is -0.288. The van der Waals surface area contributed by atoms with Crippen molar-refractivity contribution in [1.29, 1.82) is 0 Å². The molecular weight excluding hydrogens is 358 g/mol. The molecule has 28 heavy (non-hydrogen) atoms. The van der Waals surface area contributed by atoms with E-state index in [-0.39, 0.29) is 11.8 Å². The lowest BCUT2D eigenvalue weighted by atomic mass is 9.98. The smallest absolute Gasteiger partial charge is 0.408 e. The van der Waals surface area contributed by atoms with E-state index in [4.69, 9.17) is 9.47 Å². The average Bonchev–Trinajstić information content (AvgIpc) is 2.65. The van der Waals surface area contributed by atoms with Gasteiger partial charge in [-0.2, -0.15) is 0 Å². The van der Waals surface area contributed by atoms with E-state index >= 15 is 0 Å². The summed E-state index contributed by atoms with van der Waals surface area (Å²) >= 11 is 0. The third kappa shape index (κ3) is 6.41. The van der Waals surface area contributed by atoms with Gasteiger partial charge in [-0.15, -0.1) is 0 Å². The number of hydrogen-bond acceptors (Lipinski definition) is 5. The summed E-state index contributed by atoms with van der Waals surface area (Å²) in [5.41, 5.74) is 1.07. The van der Waals surface area contributed by atoms with Gasteiger partial charge in [-0.05, 0) is 38.8 Å². The Morgan fingerprint density at radius 3 is 2.46 bits per heavy atom. The first-order valence-electron chi connectivity index (χ1n) is 9.93. The van der Waals surface area contributed by atoms with E-state index in [1.807, 2.05) is 38.1 Å². The zero-order valence-corrected chi connectivity index (χ0v) is 17.6. The predicted molar refractivity (Wildman–Crippen MR) is 111 cm³/mol. The second-order valence-corrected chi connectivity index (χ2v) is 8.12. The molecule has 1 heterocycles. The van der Waals surface area contributed by atoms with Crippen LogP contribution in [0.4, 0.5) is 16.2 Å². The fourth-order valence-electron chi connectivity index (χ4n) is 3.01. The molecule has 0 aromatic heterocycles. The molecule has 7 heteroatoms. The number of rotatable bonds is 6. The number of morpholine rings is 1. The minimum absolute atomic E-state index is 0.0388. The molecule has 0 saturated carbocycles. The van der Waals surface area contributed by atoms with Crippen LogP contribution in [0.3, 0.4) is 0 Å². The molecule has 0 spiro atoms. The molecule has 1 aromatic carbocycles. The first kappa shape index (κ1) is 22.0. The van der Waals surface area contributed by atoms with Crippen LogP contribution < -0.4 is 15.5 Å². The van der Waals surface area contributed by atoms with Crippen molar-refractivity contribution >= 4 is 23.4 Å². The molecule has 0 bridgehead atoms. The number of para-hydroxylation sites is 2. The maximum absolute atomic E-state index is 13.0. The Balaban J connectivity index is 2.14. The molecule has 1 aliphatic rings. The van der Waals surface area contributed by atoms with Crippen LogP contribution in [-0.4, -0.2) is 49.9 Å². The standard InChI is InChI=1S/C21H33N3O4/c1-6-15(2)18(23-20(26)28-21(3,4)5)19(25)22-16-9-7-8-10-17(16)24-11-13-27-14-12-24/h7-10,15,18H,6,11-14H2,1-5H3,(H,22,25)(H,23,26). The van der Waals surface area contributed by atoms with Crippen LogP contribution in [0.25, 0.3) is 0 Å². The van der Waals surface area contributed by atoms with Gasteiger partial charge in [0.05, 0.1) is 24.6 Å². The Morgan fingerprint density at radius 2 is 1.86 bits per heavy atom. The molecule has 2 rings (SSSR count). The molecule has 156 valence electrons. The van der Waals surface area contributed by atoms with Gasteiger partial charge in [0.25, 0.3) is 0 Å².